The molecule has 86 valence electrons. The highest BCUT2D eigenvalue weighted by Crippen LogP contribution is 2.45. The summed E-state index contributed by atoms with van der Waals surface area (Å²) < 4.78 is 0. The van der Waals surface area contributed by atoms with E-state index >= 15 is 0 Å². The number of carbonyl (C=O) groups is 1. The molecule has 4 heteroatoms. The Kier molecular flexibility index (Phi) is 2.86. The van der Waals surface area contributed by atoms with Gasteiger partial charge in [0.05, 0.1) is 6.61 Å². The van der Waals surface area contributed by atoms with Crippen molar-refractivity contribution in [2.45, 2.75) is 13.8 Å². The van der Waals surface area contributed by atoms with Crippen molar-refractivity contribution in [1.82, 2.24) is 4.90 Å². The second kappa shape index (κ2) is 3.75. The van der Waals surface area contributed by atoms with Crippen LogP contribution in [-0.4, -0.2) is 53.5 Å². The molecule has 0 spiro atoms. The fourth-order valence-electron chi connectivity index (χ4n) is 2.94. The summed E-state index contributed by atoms with van der Waals surface area (Å²) in [5.41, 5.74) is -0.379. The third-order valence-electron chi connectivity index (χ3n) is 3.50. The molecule has 2 aliphatic heterocycles. The third-order valence-corrected chi connectivity index (χ3v) is 5.18. The first-order valence-corrected chi connectivity index (χ1v) is 6.62. The molecular weight excluding hydrogens is 210 g/mol. The molecule has 2 unspecified atom stereocenters. The molecule has 0 aromatic heterocycles. The summed E-state index contributed by atoms with van der Waals surface area (Å²) in [4.78, 5) is 14.5. The van der Waals surface area contributed by atoms with Crippen LogP contribution in [0.2, 0.25) is 0 Å². The summed E-state index contributed by atoms with van der Waals surface area (Å²) in [6.45, 7) is 6.66. The SMILES string of the molecule is CC12CSCC(C)(CN(CCO)C1)C2=O. The van der Waals surface area contributed by atoms with Crippen molar-refractivity contribution in [3.63, 3.8) is 0 Å². The number of nitrogens with zero attached hydrogens (tertiary/aromatic N) is 1. The van der Waals surface area contributed by atoms with Crippen molar-refractivity contribution < 1.29 is 9.90 Å². The zero-order valence-corrected chi connectivity index (χ0v) is 10.3. The quantitative estimate of drug-likeness (QED) is 0.754. The number of fused-ring (bicyclic) bond motifs is 2. The normalized spacial score (nSPS) is 41.9. The number of aliphatic hydroxyl groups is 1. The summed E-state index contributed by atoms with van der Waals surface area (Å²) in [6, 6.07) is 0. The van der Waals surface area contributed by atoms with Gasteiger partial charge >= 0.3 is 0 Å². The van der Waals surface area contributed by atoms with Gasteiger partial charge in [-0.3, -0.25) is 9.69 Å². The van der Waals surface area contributed by atoms with Gasteiger partial charge in [0.2, 0.25) is 0 Å². The molecule has 0 aromatic rings. The van der Waals surface area contributed by atoms with Crippen LogP contribution in [0, 0.1) is 10.8 Å². The maximum Gasteiger partial charge on any atom is 0.148 e. The summed E-state index contributed by atoms with van der Waals surface area (Å²) >= 11 is 1.90. The first-order chi connectivity index (χ1) is 7.00. The minimum Gasteiger partial charge on any atom is -0.395 e. The van der Waals surface area contributed by atoms with E-state index in [0.29, 0.717) is 12.3 Å². The van der Waals surface area contributed by atoms with Crippen LogP contribution in [0.3, 0.4) is 0 Å². The second-order valence-electron chi connectivity index (χ2n) is 5.38. The Labute approximate surface area is 95.2 Å². The van der Waals surface area contributed by atoms with Crippen LogP contribution >= 0.6 is 11.8 Å². The van der Waals surface area contributed by atoms with Gasteiger partial charge in [-0.15, -0.1) is 0 Å². The van der Waals surface area contributed by atoms with E-state index in [1.807, 2.05) is 11.8 Å². The topological polar surface area (TPSA) is 40.5 Å². The number of carbonyl (C=O) groups excluding carboxylic acids is 1. The lowest BCUT2D eigenvalue weighted by Gasteiger charge is -2.51. The minimum atomic E-state index is -0.189. The van der Waals surface area contributed by atoms with Crippen LogP contribution in [0.15, 0.2) is 0 Å². The van der Waals surface area contributed by atoms with Crippen molar-refractivity contribution in [1.29, 1.82) is 0 Å². The number of Topliss-reactive ketones (excluding diaryl/α,β-unsaturated/α-hetero) is 1. The molecule has 2 heterocycles. The first-order valence-electron chi connectivity index (χ1n) is 5.46. The van der Waals surface area contributed by atoms with E-state index < -0.39 is 0 Å². The molecule has 2 bridgehead atoms. The average molecular weight is 229 g/mol. The van der Waals surface area contributed by atoms with Gasteiger partial charge in [-0.1, -0.05) is 13.8 Å². The Hall–Kier alpha value is -0.0600. The van der Waals surface area contributed by atoms with E-state index in [0.717, 1.165) is 24.6 Å². The van der Waals surface area contributed by atoms with Crippen molar-refractivity contribution in [2.24, 2.45) is 10.8 Å². The van der Waals surface area contributed by atoms with Crippen LogP contribution < -0.4 is 0 Å². The Bertz CT molecular complexity index is 262. The summed E-state index contributed by atoms with van der Waals surface area (Å²) in [7, 11) is 0. The average Bonchev–Trinajstić information content (AvgIpc) is 2.12. The Balaban J connectivity index is 2.22. The Morgan fingerprint density at radius 2 is 1.87 bits per heavy atom. The number of piperidine rings is 1. The maximum atomic E-state index is 12.3. The Morgan fingerprint density at radius 3 is 2.33 bits per heavy atom. The Morgan fingerprint density at radius 1 is 1.33 bits per heavy atom. The smallest absolute Gasteiger partial charge is 0.148 e. The predicted octanol–water partition coefficient (Wildman–Crippen LogP) is 0.623. The van der Waals surface area contributed by atoms with E-state index in [2.05, 4.69) is 18.7 Å². The van der Waals surface area contributed by atoms with E-state index in [9.17, 15) is 4.79 Å². The zero-order valence-electron chi connectivity index (χ0n) is 9.45. The molecule has 15 heavy (non-hydrogen) atoms. The van der Waals surface area contributed by atoms with Gasteiger partial charge in [0.15, 0.2) is 0 Å². The molecule has 0 aromatic carbocycles. The van der Waals surface area contributed by atoms with Crippen LogP contribution in [0.5, 0.6) is 0 Å². The van der Waals surface area contributed by atoms with Gasteiger partial charge in [-0.25, -0.2) is 0 Å². The molecule has 1 N–H and O–H groups in total. The number of ketones is 1. The number of β-amino-alcohol motifs (C(OH)–C–C–N with tert-alkyl or cyclic N) is 1. The number of likely N-dealkylation sites (tertiary alicyclic amines) is 1. The van der Waals surface area contributed by atoms with E-state index in [1.165, 1.54) is 0 Å². The number of thioether (sulfide) groups is 1. The van der Waals surface area contributed by atoms with E-state index in [1.54, 1.807) is 0 Å². The molecule has 0 radical (unpaired) electrons. The number of hydrogen-bond donors (Lipinski definition) is 1. The molecule has 2 saturated heterocycles. The van der Waals surface area contributed by atoms with Gasteiger partial charge in [0.1, 0.15) is 5.78 Å². The lowest BCUT2D eigenvalue weighted by atomic mass is 9.69. The maximum absolute atomic E-state index is 12.3. The first kappa shape index (κ1) is 11.4. The standard InChI is InChI=1S/C11H19NO2S/c1-10-5-12(3-4-13)6-11(2,9(10)14)8-15-7-10/h13H,3-8H2,1-2H3. The van der Waals surface area contributed by atoms with Crippen molar-refractivity contribution in [3.05, 3.63) is 0 Å². The molecule has 2 fully saturated rings. The lowest BCUT2D eigenvalue weighted by molar-refractivity contribution is -0.143. The van der Waals surface area contributed by atoms with Crippen molar-refractivity contribution in [2.75, 3.05) is 37.7 Å². The highest BCUT2D eigenvalue weighted by atomic mass is 32.2. The highest BCUT2D eigenvalue weighted by molar-refractivity contribution is 7.99. The zero-order chi connectivity index (χ0) is 11.1. The molecule has 0 aliphatic carbocycles. The summed E-state index contributed by atoms with van der Waals surface area (Å²) in [6.07, 6.45) is 0. The van der Waals surface area contributed by atoms with Crippen molar-refractivity contribution in [3.8, 4) is 0 Å². The van der Waals surface area contributed by atoms with Crippen molar-refractivity contribution >= 4 is 17.5 Å². The second-order valence-corrected chi connectivity index (χ2v) is 6.36. The molecular formula is C11H19NO2S. The molecule has 0 amide bonds. The molecule has 0 saturated carbocycles. The molecule has 2 atom stereocenters. The summed E-state index contributed by atoms with van der Waals surface area (Å²) in [5.74, 6) is 2.30. The monoisotopic (exact) mass is 229 g/mol. The number of hydrogen-bond acceptors (Lipinski definition) is 4. The van der Waals surface area contributed by atoms with Crippen LogP contribution in [0.4, 0.5) is 0 Å². The van der Waals surface area contributed by atoms with Crippen LogP contribution in [0.1, 0.15) is 13.8 Å². The molecule has 2 rings (SSSR count). The number of rotatable bonds is 2. The lowest BCUT2D eigenvalue weighted by Crippen LogP contribution is -2.62. The molecule has 2 aliphatic rings. The molecule has 3 nitrogen and oxygen atoms in total. The fraction of sp³-hybridized carbons (Fsp3) is 0.909. The van der Waals surface area contributed by atoms with E-state index in [4.69, 9.17) is 5.11 Å². The highest BCUT2D eigenvalue weighted by Gasteiger charge is 2.53. The van der Waals surface area contributed by atoms with Crippen LogP contribution in [-0.2, 0) is 4.79 Å². The largest absolute Gasteiger partial charge is 0.395 e. The minimum absolute atomic E-state index is 0.188. The van der Waals surface area contributed by atoms with Gasteiger partial charge in [-0.2, -0.15) is 11.8 Å². The summed E-state index contributed by atoms with van der Waals surface area (Å²) in [5, 5.41) is 8.98. The van der Waals surface area contributed by atoms with Gasteiger partial charge in [0, 0.05) is 42.0 Å². The number of aliphatic hydroxyl groups excluding tert-OH is 1. The van der Waals surface area contributed by atoms with Gasteiger partial charge < -0.3 is 5.11 Å². The van der Waals surface area contributed by atoms with Gasteiger partial charge in [-0.05, 0) is 0 Å². The van der Waals surface area contributed by atoms with Gasteiger partial charge in [0.25, 0.3) is 0 Å². The fourth-order valence-corrected chi connectivity index (χ4v) is 4.39. The van der Waals surface area contributed by atoms with Crippen LogP contribution in [0.25, 0.3) is 0 Å². The van der Waals surface area contributed by atoms with E-state index in [-0.39, 0.29) is 17.4 Å². The third kappa shape index (κ3) is 1.83. The predicted molar refractivity (Wildman–Crippen MR) is 62.1 cm³/mol.